The lowest BCUT2D eigenvalue weighted by molar-refractivity contribution is 0.152. The van der Waals surface area contributed by atoms with E-state index in [4.69, 9.17) is 4.74 Å². The molecular weight excluding hydrogens is 263 g/mol. The number of fused-ring (bicyclic) bond motifs is 1. The van der Waals surface area contributed by atoms with Gasteiger partial charge in [-0.05, 0) is 20.0 Å². The minimum absolute atomic E-state index is 0.106. The molecule has 0 spiro atoms. The summed E-state index contributed by atoms with van der Waals surface area (Å²) in [5.74, 6) is 0.341. The second-order valence-corrected chi connectivity index (χ2v) is 5.58. The zero-order valence-electron chi connectivity index (χ0n) is 10.8. The van der Waals surface area contributed by atoms with Crippen LogP contribution in [0.2, 0.25) is 0 Å². The number of nitrogens with zero attached hydrogens (tertiary/aromatic N) is 1. The molecule has 3 nitrogen and oxygen atoms in total. The number of hydrogen-bond donors (Lipinski definition) is 1. The third-order valence-corrected chi connectivity index (χ3v) is 4.39. The van der Waals surface area contributed by atoms with E-state index >= 15 is 0 Å². The molecular formula is C14H15FN2OS. The average molecular weight is 278 g/mol. The van der Waals surface area contributed by atoms with Crippen LogP contribution in [0.4, 0.5) is 4.39 Å². The molecule has 1 aromatic heterocycles. The van der Waals surface area contributed by atoms with Crippen LogP contribution in [-0.2, 0) is 0 Å². The third kappa shape index (κ3) is 2.35. The predicted molar refractivity (Wildman–Crippen MR) is 73.0 cm³/mol. The fourth-order valence-corrected chi connectivity index (χ4v) is 3.22. The first-order chi connectivity index (χ1) is 9.17. The second kappa shape index (κ2) is 4.90. The Bertz CT molecular complexity index is 599. The lowest BCUT2D eigenvalue weighted by Gasteiger charge is -2.31. The van der Waals surface area contributed by atoms with Gasteiger partial charge in [0.05, 0.1) is 0 Å². The van der Waals surface area contributed by atoms with Crippen molar-refractivity contribution < 1.29 is 9.13 Å². The Morgan fingerprint density at radius 2 is 2.32 bits per heavy atom. The normalized spacial score (nSPS) is 21.8. The molecule has 2 atom stereocenters. The van der Waals surface area contributed by atoms with Gasteiger partial charge in [0.25, 0.3) is 0 Å². The van der Waals surface area contributed by atoms with Crippen LogP contribution in [0.15, 0.2) is 23.6 Å². The molecule has 0 amide bonds. The maximum absolute atomic E-state index is 13.3. The van der Waals surface area contributed by atoms with Crippen molar-refractivity contribution in [2.75, 3.05) is 7.05 Å². The van der Waals surface area contributed by atoms with Crippen molar-refractivity contribution in [3.63, 3.8) is 0 Å². The molecule has 0 fully saturated rings. The first kappa shape index (κ1) is 12.6. The van der Waals surface area contributed by atoms with E-state index in [1.54, 1.807) is 17.4 Å². The van der Waals surface area contributed by atoms with Crippen molar-refractivity contribution in [1.82, 2.24) is 10.3 Å². The minimum Gasteiger partial charge on any atom is -0.483 e. The highest BCUT2D eigenvalue weighted by atomic mass is 32.1. The zero-order chi connectivity index (χ0) is 13.4. The molecule has 2 heterocycles. The maximum Gasteiger partial charge on any atom is 0.152 e. The Morgan fingerprint density at radius 1 is 1.47 bits per heavy atom. The van der Waals surface area contributed by atoms with Gasteiger partial charge in [0.1, 0.15) is 16.6 Å². The number of thiazole rings is 1. The highest BCUT2D eigenvalue weighted by Crippen LogP contribution is 2.41. The molecule has 2 unspecified atom stereocenters. The number of hydrogen-bond acceptors (Lipinski definition) is 4. The Hall–Kier alpha value is -1.46. The summed E-state index contributed by atoms with van der Waals surface area (Å²) in [6.45, 7) is 1.96. The van der Waals surface area contributed by atoms with E-state index in [1.807, 2.05) is 19.4 Å². The van der Waals surface area contributed by atoms with Crippen LogP contribution in [0.25, 0.3) is 0 Å². The lowest BCUT2D eigenvalue weighted by atomic mass is 9.96. The van der Waals surface area contributed by atoms with E-state index in [0.717, 1.165) is 22.7 Å². The van der Waals surface area contributed by atoms with Crippen LogP contribution in [0.3, 0.4) is 0 Å². The number of aryl methyl sites for hydroxylation is 1. The number of benzene rings is 1. The molecule has 1 aliphatic heterocycles. The van der Waals surface area contributed by atoms with Crippen LogP contribution in [0.1, 0.15) is 34.8 Å². The Balaban J connectivity index is 1.96. The van der Waals surface area contributed by atoms with Crippen molar-refractivity contribution in [3.05, 3.63) is 45.7 Å². The van der Waals surface area contributed by atoms with Crippen molar-refractivity contribution >= 4 is 11.3 Å². The Kier molecular flexibility index (Phi) is 3.24. The van der Waals surface area contributed by atoms with Gasteiger partial charge in [-0.1, -0.05) is 6.07 Å². The van der Waals surface area contributed by atoms with Gasteiger partial charge in [0.2, 0.25) is 0 Å². The van der Waals surface area contributed by atoms with Crippen molar-refractivity contribution in [3.8, 4) is 5.75 Å². The third-order valence-electron chi connectivity index (χ3n) is 3.33. The fourth-order valence-electron chi connectivity index (χ4n) is 2.39. The standard InChI is InChI=1S/C14H15FN2OS/c1-8-7-19-14(17-8)13-6-11(16-2)10-4-3-9(15)5-12(10)18-13/h3-5,7,11,13,16H,6H2,1-2H3. The summed E-state index contributed by atoms with van der Waals surface area (Å²) >= 11 is 1.59. The van der Waals surface area contributed by atoms with Gasteiger partial charge in [-0.3, -0.25) is 0 Å². The summed E-state index contributed by atoms with van der Waals surface area (Å²) < 4.78 is 19.3. The fraction of sp³-hybridized carbons (Fsp3) is 0.357. The molecule has 2 aromatic rings. The number of rotatable bonds is 2. The van der Waals surface area contributed by atoms with E-state index < -0.39 is 0 Å². The first-order valence-electron chi connectivity index (χ1n) is 6.23. The van der Waals surface area contributed by atoms with Crippen LogP contribution < -0.4 is 10.1 Å². The molecule has 19 heavy (non-hydrogen) atoms. The van der Waals surface area contributed by atoms with E-state index in [0.29, 0.717) is 5.75 Å². The SMILES string of the molecule is CNC1CC(c2nc(C)cs2)Oc2cc(F)ccc21. The summed E-state index contributed by atoms with van der Waals surface area (Å²) in [5, 5.41) is 6.22. The number of aromatic nitrogens is 1. The quantitative estimate of drug-likeness (QED) is 0.914. The van der Waals surface area contributed by atoms with Gasteiger partial charge >= 0.3 is 0 Å². The number of nitrogens with one attached hydrogen (secondary N) is 1. The van der Waals surface area contributed by atoms with Crippen LogP contribution in [-0.4, -0.2) is 12.0 Å². The Morgan fingerprint density at radius 3 is 3.00 bits per heavy atom. The maximum atomic E-state index is 13.3. The number of ether oxygens (including phenoxy) is 1. The van der Waals surface area contributed by atoms with Crippen molar-refractivity contribution in [2.45, 2.75) is 25.5 Å². The second-order valence-electron chi connectivity index (χ2n) is 4.69. The van der Waals surface area contributed by atoms with Crippen LogP contribution in [0, 0.1) is 12.7 Å². The molecule has 0 saturated heterocycles. The topological polar surface area (TPSA) is 34.2 Å². The van der Waals surface area contributed by atoms with Crippen molar-refractivity contribution in [2.24, 2.45) is 0 Å². The molecule has 0 bridgehead atoms. The van der Waals surface area contributed by atoms with E-state index in [1.165, 1.54) is 12.1 Å². The summed E-state index contributed by atoms with van der Waals surface area (Å²) in [5.41, 5.74) is 2.00. The highest BCUT2D eigenvalue weighted by molar-refractivity contribution is 7.09. The van der Waals surface area contributed by atoms with Gasteiger partial charge in [0.15, 0.2) is 6.10 Å². The summed E-state index contributed by atoms with van der Waals surface area (Å²) in [7, 11) is 1.91. The smallest absolute Gasteiger partial charge is 0.152 e. The molecule has 0 aliphatic carbocycles. The molecule has 0 radical (unpaired) electrons. The first-order valence-corrected chi connectivity index (χ1v) is 7.10. The molecule has 1 aliphatic rings. The van der Waals surface area contributed by atoms with Gasteiger partial charge in [-0.25, -0.2) is 9.37 Å². The van der Waals surface area contributed by atoms with E-state index in [9.17, 15) is 4.39 Å². The van der Waals surface area contributed by atoms with Crippen LogP contribution in [0.5, 0.6) is 5.75 Å². The lowest BCUT2D eigenvalue weighted by Crippen LogP contribution is -2.26. The molecule has 5 heteroatoms. The summed E-state index contributed by atoms with van der Waals surface area (Å²) in [6, 6.07) is 4.88. The highest BCUT2D eigenvalue weighted by Gasteiger charge is 2.30. The molecule has 1 aromatic carbocycles. The summed E-state index contributed by atoms with van der Waals surface area (Å²) in [6.07, 6.45) is 0.702. The van der Waals surface area contributed by atoms with Crippen LogP contribution >= 0.6 is 11.3 Å². The Labute approximate surface area is 115 Å². The molecule has 0 saturated carbocycles. The molecule has 100 valence electrons. The minimum atomic E-state index is -0.274. The molecule has 1 N–H and O–H groups in total. The van der Waals surface area contributed by atoms with Gasteiger partial charge < -0.3 is 10.1 Å². The summed E-state index contributed by atoms with van der Waals surface area (Å²) in [4.78, 5) is 4.47. The van der Waals surface area contributed by atoms with Gasteiger partial charge in [-0.15, -0.1) is 11.3 Å². The average Bonchev–Trinajstić information content (AvgIpc) is 2.83. The van der Waals surface area contributed by atoms with E-state index in [-0.39, 0.29) is 18.0 Å². The van der Waals surface area contributed by atoms with Crippen molar-refractivity contribution in [1.29, 1.82) is 0 Å². The van der Waals surface area contributed by atoms with E-state index in [2.05, 4.69) is 10.3 Å². The largest absolute Gasteiger partial charge is 0.483 e. The number of halogens is 1. The van der Waals surface area contributed by atoms with Gasteiger partial charge in [-0.2, -0.15) is 0 Å². The van der Waals surface area contributed by atoms with Gasteiger partial charge in [0, 0.05) is 35.2 Å². The zero-order valence-corrected chi connectivity index (χ0v) is 11.6. The molecule has 3 rings (SSSR count). The predicted octanol–water partition coefficient (Wildman–Crippen LogP) is 3.37. The monoisotopic (exact) mass is 278 g/mol.